The minimum atomic E-state index is -0.314. The monoisotopic (exact) mass is 301 g/mol. The number of hydrogen-bond donors (Lipinski definition) is 3. The van der Waals surface area contributed by atoms with Gasteiger partial charge in [-0.3, -0.25) is 16.3 Å². The van der Waals surface area contributed by atoms with E-state index in [4.69, 9.17) is 11.5 Å². The van der Waals surface area contributed by atoms with E-state index in [1.54, 1.807) is 0 Å². The van der Waals surface area contributed by atoms with E-state index in [0.29, 0.717) is 5.71 Å². The molecule has 94 valence electrons. The van der Waals surface area contributed by atoms with Gasteiger partial charge in [-0.05, 0) is 18.3 Å². The molecule has 0 aromatic rings. The van der Waals surface area contributed by atoms with E-state index in [2.05, 4.69) is 33.1 Å². The molecule has 2 fully saturated rings. The zero-order chi connectivity index (χ0) is 12.8. The van der Waals surface area contributed by atoms with E-state index < -0.39 is 0 Å². The van der Waals surface area contributed by atoms with Crippen LogP contribution < -0.4 is 16.6 Å². The number of guanidine groups is 1. The summed E-state index contributed by atoms with van der Waals surface area (Å²) >= 11 is 3.54. The first-order chi connectivity index (χ1) is 7.87. The zero-order valence-corrected chi connectivity index (χ0v) is 11.7. The van der Waals surface area contributed by atoms with Crippen molar-refractivity contribution in [3.8, 4) is 0 Å². The fraction of sp³-hybridized carbons (Fsp3) is 0.727. The lowest BCUT2D eigenvalue weighted by molar-refractivity contribution is -0.464. The highest BCUT2D eigenvalue weighted by Gasteiger charge is 2.67. The second-order valence-electron chi connectivity index (χ2n) is 5.37. The molecule has 5 N–H and O–H groups in total. The van der Waals surface area contributed by atoms with Gasteiger partial charge in [-0.1, -0.05) is 29.8 Å². The number of carbonyl (C=O) groups excluding carboxylic acids is 1. The van der Waals surface area contributed by atoms with Gasteiger partial charge in [0.15, 0.2) is 5.78 Å². The van der Waals surface area contributed by atoms with Crippen LogP contribution in [0.15, 0.2) is 5.10 Å². The molecule has 3 atom stereocenters. The Morgan fingerprint density at radius 3 is 2.71 bits per heavy atom. The Bertz CT molecular complexity index is 429. The number of fused-ring (bicyclic) bond motifs is 2. The van der Waals surface area contributed by atoms with Crippen molar-refractivity contribution >= 4 is 33.4 Å². The lowest BCUT2D eigenvalue weighted by atomic mass is 9.70. The maximum Gasteiger partial charge on any atom is 0.362 e. The van der Waals surface area contributed by atoms with Crippen LogP contribution in [0.5, 0.6) is 0 Å². The van der Waals surface area contributed by atoms with Gasteiger partial charge in [0.25, 0.3) is 0 Å². The SMILES string of the molecule is C[C@]12CC[C@H](/C(=N\[NH+]=C(N)N)C1=O)[C@@]2(C)CBr. The van der Waals surface area contributed by atoms with E-state index >= 15 is 0 Å². The molecular formula is C11H18BrN4O+. The average molecular weight is 302 g/mol. The van der Waals surface area contributed by atoms with Gasteiger partial charge in [-0.15, -0.1) is 5.10 Å². The van der Waals surface area contributed by atoms with Crippen LogP contribution in [-0.2, 0) is 4.79 Å². The zero-order valence-electron chi connectivity index (χ0n) is 10.1. The number of ketones is 1. The number of hydrazone groups is 1. The summed E-state index contributed by atoms with van der Waals surface area (Å²) < 4.78 is 0. The molecule has 2 saturated carbocycles. The fourth-order valence-corrected chi connectivity index (χ4v) is 4.18. The van der Waals surface area contributed by atoms with Crippen LogP contribution in [0.3, 0.4) is 0 Å². The standard InChI is InChI=1S/C11H17BrN4O/c1-10-4-3-6(11(10,2)5-12)7(8(10)17)15-16-9(13)14/h6H,3-5H2,1-2H3,(H4,13,14,16)/p+1/b15-7+/t6-,10+,11-/m1/s1. The van der Waals surface area contributed by atoms with Crippen LogP contribution in [0.2, 0.25) is 0 Å². The molecule has 0 aromatic carbocycles. The Morgan fingerprint density at radius 1 is 1.59 bits per heavy atom. The maximum atomic E-state index is 12.4. The summed E-state index contributed by atoms with van der Waals surface area (Å²) in [4.78, 5) is 12.4. The second-order valence-corrected chi connectivity index (χ2v) is 5.93. The summed E-state index contributed by atoms with van der Waals surface area (Å²) in [5.41, 5.74) is 10.8. The van der Waals surface area contributed by atoms with Crippen LogP contribution in [0.25, 0.3) is 0 Å². The lowest BCUT2D eigenvalue weighted by Gasteiger charge is -2.33. The molecule has 0 spiro atoms. The van der Waals surface area contributed by atoms with Crippen LogP contribution in [-0.4, -0.2) is 22.8 Å². The summed E-state index contributed by atoms with van der Waals surface area (Å²) in [7, 11) is 0. The van der Waals surface area contributed by atoms with Crippen LogP contribution in [0.4, 0.5) is 0 Å². The summed E-state index contributed by atoms with van der Waals surface area (Å²) in [6, 6.07) is 0. The topological polar surface area (TPSA) is 95.4 Å². The van der Waals surface area contributed by atoms with Gasteiger partial charge in [-0.25, -0.2) is 0 Å². The molecule has 2 rings (SSSR count). The first-order valence-corrected chi connectivity index (χ1v) is 6.81. The number of nitrogens with zero attached hydrogens (tertiary/aromatic N) is 1. The van der Waals surface area contributed by atoms with Gasteiger partial charge < -0.3 is 0 Å². The third kappa shape index (κ3) is 1.46. The summed E-state index contributed by atoms with van der Waals surface area (Å²) in [5, 5.41) is 7.39. The highest BCUT2D eigenvalue weighted by atomic mass is 79.9. The predicted molar refractivity (Wildman–Crippen MR) is 69.5 cm³/mol. The van der Waals surface area contributed by atoms with Crippen molar-refractivity contribution in [1.29, 1.82) is 0 Å². The fourth-order valence-electron chi connectivity index (χ4n) is 3.17. The van der Waals surface area contributed by atoms with Crippen molar-refractivity contribution in [3.63, 3.8) is 0 Å². The Balaban J connectivity index is 2.46. The normalized spacial score (nSPS) is 42.2. The molecule has 2 bridgehead atoms. The number of rotatable bonds is 2. The Labute approximate surface area is 109 Å². The van der Waals surface area contributed by atoms with Gasteiger partial charge in [0.05, 0.1) is 0 Å². The molecule has 0 aromatic heterocycles. The van der Waals surface area contributed by atoms with Gasteiger partial charge in [-0.2, -0.15) is 5.10 Å². The van der Waals surface area contributed by atoms with Crippen molar-refractivity contribution in [2.45, 2.75) is 26.7 Å². The van der Waals surface area contributed by atoms with E-state index in [0.717, 1.165) is 18.2 Å². The number of halogens is 1. The molecule has 0 aliphatic heterocycles. The quantitative estimate of drug-likeness (QED) is 0.267. The third-order valence-electron chi connectivity index (χ3n) is 4.61. The highest BCUT2D eigenvalue weighted by Crippen LogP contribution is 2.63. The molecule has 17 heavy (non-hydrogen) atoms. The molecular weight excluding hydrogens is 284 g/mol. The van der Waals surface area contributed by atoms with Gasteiger partial charge in [0.2, 0.25) is 0 Å². The number of nitrogens with two attached hydrogens (primary N) is 2. The van der Waals surface area contributed by atoms with Gasteiger partial charge in [0, 0.05) is 16.7 Å². The first kappa shape index (κ1) is 12.5. The molecule has 0 unspecified atom stereocenters. The maximum absolute atomic E-state index is 12.4. The highest BCUT2D eigenvalue weighted by molar-refractivity contribution is 9.09. The lowest BCUT2D eigenvalue weighted by Crippen LogP contribution is -2.73. The summed E-state index contributed by atoms with van der Waals surface area (Å²) in [5.74, 6) is 0.328. The largest absolute Gasteiger partial charge is 0.362 e. The van der Waals surface area contributed by atoms with Crippen molar-refractivity contribution in [3.05, 3.63) is 0 Å². The number of Topliss-reactive ketones (excluding diaryl/α,β-unsaturated/α-hetero) is 1. The third-order valence-corrected chi connectivity index (χ3v) is 5.77. The van der Waals surface area contributed by atoms with Gasteiger partial charge in [0.1, 0.15) is 5.71 Å². The Hall–Kier alpha value is -0.910. The van der Waals surface area contributed by atoms with Gasteiger partial charge >= 0.3 is 5.96 Å². The average Bonchev–Trinajstić information content (AvgIpc) is 2.62. The molecule has 6 heteroatoms. The van der Waals surface area contributed by atoms with E-state index in [-0.39, 0.29) is 28.5 Å². The van der Waals surface area contributed by atoms with Crippen LogP contribution in [0, 0.1) is 16.7 Å². The minimum absolute atomic E-state index is 0.0128. The molecule has 0 heterocycles. The Kier molecular flexibility index (Phi) is 2.80. The Morgan fingerprint density at radius 2 is 2.24 bits per heavy atom. The van der Waals surface area contributed by atoms with Crippen molar-refractivity contribution < 1.29 is 9.90 Å². The van der Waals surface area contributed by atoms with E-state index in [1.807, 2.05) is 6.92 Å². The van der Waals surface area contributed by atoms with E-state index in [9.17, 15) is 4.79 Å². The second kappa shape index (κ2) is 3.80. The number of hydrogen-bond acceptors (Lipinski definition) is 2. The van der Waals surface area contributed by atoms with Crippen molar-refractivity contribution in [1.82, 2.24) is 0 Å². The smallest absolute Gasteiger partial charge is 0.292 e. The molecule has 0 amide bonds. The summed E-state index contributed by atoms with van der Waals surface area (Å²) in [6.07, 6.45) is 1.93. The molecule has 0 saturated heterocycles. The molecule has 2 aliphatic carbocycles. The number of carbonyl (C=O) groups is 1. The van der Waals surface area contributed by atoms with E-state index in [1.165, 1.54) is 0 Å². The predicted octanol–water partition coefficient (Wildman–Crippen LogP) is -0.903. The summed E-state index contributed by atoms with van der Waals surface area (Å²) in [6.45, 7) is 4.18. The number of alkyl halides is 1. The minimum Gasteiger partial charge on any atom is -0.292 e. The van der Waals surface area contributed by atoms with Crippen LogP contribution in [0.1, 0.15) is 26.7 Å². The van der Waals surface area contributed by atoms with Crippen molar-refractivity contribution in [2.75, 3.05) is 5.33 Å². The van der Waals surface area contributed by atoms with Crippen LogP contribution >= 0.6 is 15.9 Å². The molecule has 2 aliphatic rings. The number of nitrogens with one attached hydrogen (secondary N) is 1. The first-order valence-electron chi connectivity index (χ1n) is 5.69. The molecule has 5 nitrogen and oxygen atoms in total. The van der Waals surface area contributed by atoms with Crippen molar-refractivity contribution in [2.24, 2.45) is 33.3 Å². The molecule has 0 radical (unpaired) electrons.